The quantitative estimate of drug-likeness (QED) is 0.745. The fourth-order valence-electron chi connectivity index (χ4n) is 3.64. The molecular formula is C21H23NO4. The van der Waals surface area contributed by atoms with E-state index >= 15 is 0 Å². The van der Waals surface area contributed by atoms with Crippen LogP contribution >= 0.6 is 0 Å². The van der Waals surface area contributed by atoms with Gasteiger partial charge in [0.2, 0.25) is 5.91 Å². The molecule has 2 aromatic carbocycles. The summed E-state index contributed by atoms with van der Waals surface area (Å²) in [5.74, 6) is -2.12. The maximum Gasteiger partial charge on any atom is 0.327 e. The molecule has 26 heavy (non-hydrogen) atoms. The van der Waals surface area contributed by atoms with Crippen LogP contribution in [0.2, 0.25) is 0 Å². The zero-order chi connectivity index (χ0) is 18.8. The molecule has 5 heteroatoms. The Morgan fingerprint density at radius 2 is 1.50 bits per heavy atom. The number of rotatable bonds is 6. The van der Waals surface area contributed by atoms with Crippen LogP contribution in [0.4, 0.5) is 0 Å². The first kappa shape index (κ1) is 18.1. The van der Waals surface area contributed by atoms with Crippen LogP contribution in [0.15, 0.2) is 48.5 Å². The number of hydrogen-bond donors (Lipinski definition) is 3. The van der Waals surface area contributed by atoms with Gasteiger partial charge in [-0.1, -0.05) is 62.4 Å². The van der Waals surface area contributed by atoms with Crippen LogP contribution < -0.4 is 5.32 Å². The Morgan fingerprint density at radius 1 is 1.00 bits per heavy atom. The molecule has 0 aromatic heterocycles. The molecule has 2 aromatic rings. The number of aliphatic hydroxyl groups excluding tert-OH is 1. The van der Waals surface area contributed by atoms with Crippen molar-refractivity contribution in [1.29, 1.82) is 0 Å². The number of amides is 1. The Kier molecular flexibility index (Phi) is 5.09. The lowest BCUT2D eigenvalue weighted by atomic mass is 9.89. The van der Waals surface area contributed by atoms with Crippen LogP contribution in [-0.2, 0) is 9.59 Å². The zero-order valence-corrected chi connectivity index (χ0v) is 14.8. The fourth-order valence-corrected chi connectivity index (χ4v) is 3.64. The van der Waals surface area contributed by atoms with Gasteiger partial charge in [0.15, 0.2) is 0 Å². The number of aliphatic carboxylic acids is 1. The standard InChI is InChI=1S/C21H23NO4/c1-12(2)11-17(23)20(24)22-19(21(25)26)18-15-9-5-3-7-13(15)14-8-4-6-10-16(14)18/h3-10,12,17-19,23H,11H2,1-2H3,(H,22,24)(H,25,26)/t17-,19-/m0/s1. The van der Waals surface area contributed by atoms with Crippen molar-refractivity contribution in [3.05, 3.63) is 59.7 Å². The summed E-state index contributed by atoms with van der Waals surface area (Å²) < 4.78 is 0. The Balaban J connectivity index is 1.96. The summed E-state index contributed by atoms with van der Waals surface area (Å²) in [5, 5.41) is 22.4. The Morgan fingerprint density at radius 3 is 1.96 bits per heavy atom. The molecule has 1 aliphatic carbocycles. The van der Waals surface area contributed by atoms with Gasteiger partial charge in [-0.3, -0.25) is 4.79 Å². The van der Waals surface area contributed by atoms with E-state index in [1.54, 1.807) is 0 Å². The van der Waals surface area contributed by atoms with Gasteiger partial charge in [0.05, 0.1) is 0 Å². The van der Waals surface area contributed by atoms with Crippen molar-refractivity contribution in [3.63, 3.8) is 0 Å². The van der Waals surface area contributed by atoms with Crippen molar-refractivity contribution in [3.8, 4) is 11.1 Å². The van der Waals surface area contributed by atoms with E-state index in [1.165, 1.54) is 0 Å². The van der Waals surface area contributed by atoms with E-state index in [4.69, 9.17) is 0 Å². The molecule has 5 nitrogen and oxygen atoms in total. The van der Waals surface area contributed by atoms with Crippen LogP contribution in [0.25, 0.3) is 11.1 Å². The highest BCUT2D eigenvalue weighted by Crippen LogP contribution is 2.46. The molecule has 1 aliphatic rings. The second kappa shape index (κ2) is 7.30. The Labute approximate surface area is 152 Å². The summed E-state index contributed by atoms with van der Waals surface area (Å²) in [6, 6.07) is 14.1. The lowest BCUT2D eigenvalue weighted by molar-refractivity contribution is -0.144. The topological polar surface area (TPSA) is 86.6 Å². The van der Waals surface area contributed by atoms with Crippen LogP contribution in [0.5, 0.6) is 0 Å². The minimum Gasteiger partial charge on any atom is -0.480 e. The number of benzene rings is 2. The highest BCUT2D eigenvalue weighted by Gasteiger charge is 2.39. The second-order valence-electron chi connectivity index (χ2n) is 7.12. The molecule has 0 fully saturated rings. The highest BCUT2D eigenvalue weighted by atomic mass is 16.4. The summed E-state index contributed by atoms with van der Waals surface area (Å²) in [6.07, 6.45) is -0.931. The minimum atomic E-state index is -1.22. The van der Waals surface area contributed by atoms with Gasteiger partial charge >= 0.3 is 5.97 Å². The predicted molar refractivity (Wildman–Crippen MR) is 98.7 cm³/mol. The van der Waals surface area contributed by atoms with Gasteiger partial charge in [-0.15, -0.1) is 0 Å². The molecular weight excluding hydrogens is 330 g/mol. The van der Waals surface area contributed by atoms with Crippen LogP contribution in [-0.4, -0.2) is 34.2 Å². The molecule has 0 heterocycles. The predicted octanol–water partition coefficient (Wildman–Crippen LogP) is 2.78. The van der Waals surface area contributed by atoms with Crippen LogP contribution in [0.3, 0.4) is 0 Å². The van der Waals surface area contributed by atoms with Gasteiger partial charge in [-0.05, 0) is 34.6 Å². The van der Waals surface area contributed by atoms with Crippen molar-refractivity contribution in [2.24, 2.45) is 5.92 Å². The fraction of sp³-hybridized carbons (Fsp3) is 0.333. The van der Waals surface area contributed by atoms with E-state index in [2.05, 4.69) is 5.32 Å². The number of hydrogen-bond acceptors (Lipinski definition) is 3. The Bertz CT molecular complexity index is 785. The third kappa shape index (κ3) is 3.35. The molecule has 0 radical (unpaired) electrons. The average molecular weight is 353 g/mol. The van der Waals surface area contributed by atoms with Gasteiger partial charge in [0.1, 0.15) is 12.1 Å². The van der Waals surface area contributed by atoms with Crippen molar-refractivity contribution in [1.82, 2.24) is 5.32 Å². The van der Waals surface area contributed by atoms with Crippen LogP contribution in [0.1, 0.15) is 37.3 Å². The van der Waals surface area contributed by atoms with E-state index in [-0.39, 0.29) is 12.3 Å². The third-order valence-corrected chi connectivity index (χ3v) is 4.78. The third-order valence-electron chi connectivity index (χ3n) is 4.78. The number of carboxylic acid groups (broad SMARTS) is 1. The van der Waals surface area contributed by atoms with Crippen molar-refractivity contribution >= 4 is 11.9 Å². The SMILES string of the molecule is CC(C)C[C@H](O)C(=O)N[C@H](C(=O)O)C1c2ccccc2-c2ccccc21. The highest BCUT2D eigenvalue weighted by molar-refractivity contribution is 5.90. The molecule has 0 saturated carbocycles. The maximum absolute atomic E-state index is 12.3. The first-order chi connectivity index (χ1) is 12.4. The van der Waals surface area contributed by atoms with E-state index < -0.39 is 29.9 Å². The van der Waals surface area contributed by atoms with E-state index in [0.717, 1.165) is 22.3 Å². The van der Waals surface area contributed by atoms with Gasteiger partial charge in [-0.2, -0.15) is 0 Å². The van der Waals surface area contributed by atoms with Gasteiger partial charge < -0.3 is 15.5 Å². The summed E-state index contributed by atoms with van der Waals surface area (Å²) in [5.41, 5.74) is 3.71. The average Bonchev–Trinajstić information content (AvgIpc) is 2.93. The van der Waals surface area contributed by atoms with E-state index in [9.17, 15) is 19.8 Å². The van der Waals surface area contributed by atoms with Crippen molar-refractivity contribution in [2.45, 2.75) is 38.3 Å². The number of carbonyl (C=O) groups excluding carboxylic acids is 1. The summed E-state index contributed by atoms with van der Waals surface area (Å²) in [4.78, 5) is 24.3. The smallest absolute Gasteiger partial charge is 0.327 e. The number of nitrogens with one attached hydrogen (secondary N) is 1. The van der Waals surface area contributed by atoms with E-state index in [1.807, 2.05) is 62.4 Å². The minimum absolute atomic E-state index is 0.131. The lowest BCUT2D eigenvalue weighted by Gasteiger charge is -2.24. The van der Waals surface area contributed by atoms with Gasteiger partial charge in [0, 0.05) is 5.92 Å². The molecule has 0 aliphatic heterocycles. The van der Waals surface area contributed by atoms with E-state index in [0.29, 0.717) is 0 Å². The largest absolute Gasteiger partial charge is 0.480 e. The maximum atomic E-state index is 12.3. The monoisotopic (exact) mass is 353 g/mol. The zero-order valence-electron chi connectivity index (χ0n) is 14.8. The normalized spacial score (nSPS) is 15.2. The molecule has 3 rings (SSSR count). The number of carboxylic acids is 1. The molecule has 1 amide bonds. The van der Waals surface area contributed by atoms with Crippen molar-refractivity contribution < 1.29 is 19.8 Å². The van der Waals surface area contributed by atoms with Crippen LogP contribution in [0, 0.1) is 5.92 Å². The Hall–Kier alpha value is -2.66. The molecule has 0 bridgehead atoms. The first-order valence-corrected chi connectivity index (χ1v) is 8.79. The summed E-state index contributed by atoms with van der Waals surface area (Å²) in [6.45, 7) is 3.79. The van der Waals surface area contributed by atoms with Gasteiger partial charge in [0.25, 0.3) is 0 Å². The van der Waals surface area contributed by atoms with Gasteiger partial charge in [-0.25, -0.2) is 4.79 Å². The molecule has 0 spiro atoms. The molecule has 0 unspecified atom stereocenters. The second-order valence-corrected chi connectivity index (χ2v) is 7.12. The molecule has 0 saturated heterocycles. The molecule has 2 atom stereocenters. The molecule has 136 valence electrons. The lowest BCUT2D eigenvalue weighted by Crippen LogP contribution is -2.48. The number of fused-ring (bicyclic) bond motifs is 3. The first-order valence-electron chi connectivity index (χ1n) is 8.79. The summed E-state index contributed by atoms with van der Waals surface area (Å²) in [7, 11) is 0. The summed E-state index contributed by atoms with van der Waals surface area (Å²) >= 11 is 0. The number of carbonyl (C=O) groups is 2. The molecule has 3 N–H and O–H groups in total. The number of aliphatic hydroxyl groups is 1. The van der Waals surface area contributed by atoms with Crippen molar-refractivity contribution in [2.75, 3.05) is 0 Å².